The molecule has 0 aromatic carbocycles. The molecule has 0 amide bonds. The molecule has 5 atom stereocenters. The van der Waals surface area contributed by atoms with Crippen LogP contribution in [0.5, 0.6) is 0 Å². The zero-order valence-corrected chi connectivity index (χ0v) is 22.0. The topological polar surface area (TPSA) is 136 Å². The van der Waals surface area contributed by atoms with Gasteiger partial charge in [0.05, 0.1) is 33.8 Å². The highest BCUT2D eigenvalue weighted by Crippen LogP contribution is 2.46. The minimum Gasteiger partial charge on any atom is -0.396 e. The summed E-state index contributed by atoms with van der Waals surface area (Å²) in [7, 11) is 0. The molecule has 6 rings (SSSR count). The summed E-state index contributed by atoms with van der Waals surface area (Å²) in [6, 6.07) is 1.14. The highest BCUT2D eigenvalue weighted by atomic mass is 32.1. The number of aryl methyl sites for hydroxylation is 1. The number of nitrogens with one attached hydrogen (secondary N) is 2. The molecule has 0 spiro atoms. The van der Waals surface area contributed by atoms with Gasteiger partial charge in [0.25, 0.3) is 0 Å². The van der Waals surface area contributed by atoms with Crippen LogP contribution < -0.4 is 10.6 Å². The van der Waals surface area contributed by atoms with Crippen molar-refractivity contribution in [3.63, 3.8) is 0 Å². The summed E-state index contributed by atoms with van der Waals surface area (Å²) in [6.45, 7) is 3.46. The van der Waals surface area contributed by atoms with Crippen LogP contribution in [0.4, 0.5) is 20.5 Å². The van der Waals surface area contributed by atoms with E-state index in [0.717, 1.165) is 28.8 Å². The van der Waals surface area contributed by atoms with Crippen molar-refractivity contribution in [3.8, 4) is 10.6 Å². The SMILES string of the molecule is Cc1nc(NC(C)C2CC(F)(F)C2)nc(N[C@@H]2C[C@H](CO)C(O)[C@H]2O)c1-c1nc2c(C3CC3)nccc2s1. The molecule has 3 fully saturated rings. The van der Waals surface area contributed by atoms with E-state index in [2.05, 4.69) is 20.6 Å². The summed E-state index contributed by atoms with van der Waals surface area (Å²) in [5, 5.41) is 37.9. The van der Waals surface area contributed by atoms with Gasteiger partial charge in [0, 0.05) is 43.5 Å². The largest absolute Gasteiger partial charge is 0.396 e. The highest BCUT2D eigenvalue weighted by molar-refractivity contribution is 7.21. The number of halogens is 2. The second-order valence-electron chi connectivity index (χ2n) is 11.1. The maximum absolute atomic E-state index is 13.4. The van der Waals surface area contributed by atoms with E-state index in [1.54, 1.807) is 0 Å². The lowest BCUT2D eigenvalue weighted by atomic mass is 9.77. The Morgan fingerprint density at radius 2 is 1.92 bits per heavy atom. The number of hydrogen-bond acceptors (Lipinski definition) is 10. The number of anilines is 2. The van der Waals surface area contributed by atoms with E-state index in [0.29, 0.717) is 40.4 Å². The number of aromatic nitrogens is 4. The Hall–Kier alpha value is -2.54. The van der Waals surface area contributed by atoms with Crippen LogP contribution in [0.3, 0.4) is 0 Å². The van der Waals surface area contributed by atoms with Crippen molar-refractivity contribution in [2.75, 3.05) is 17.2 Å². The van der Waals surface area contributed by atoms with Crippen molar-refractivity contribution in [1.29, 1.82) is 0 Å². The number of rotatable bonds is 8. The molecule has 3 aromatic heterocycles. The lowest BCUT2D eigenvalue weighted by molar-refractivity contribution is -0.113. The molecular formula is C26H32F2N6O3S. The first-order valence-corrected chi connectivity index (χ1v) is 14.0. The molecule has 3 heterocycles. The summed E-state index contributed by atoms with van der Waals surface area (Å²) in [4.78, 5) is 18.9. The smallest absolute Gasteiger partial charge is 0.248 e. The van der Waals surface area contributed by atoms with E-state index < -0.39 is 30.1 Å². The Morgan fingerprint density at radius 1 is 1.16 bits per heavy atom. The van der Waals surface area contributed by atoms with Crippen molar-refractivity contribution in [2.24, 2.45) is 11.8 Å². The Balaban J connectivity index is 1.36. The third-order valence-corrected chi connectivity index (χ3v) is 9.19. The fourth-order valence-electron chi connectivity index (χ4n) is 5.64. The Labute approximate surface area is 222 Å². The van der Waals surface area contributed by atoms with Crippen molar-refractivity contribution >= 4 is 33.3 Å². The first-order chi connectivity index (χ1) is 18.1. The van der Waals surface area contributed by atoms with E-state index in [1.165, 1.54) is 11.3 Å². The van der Waals surface area contributed by atoms with Crippen LogP contribution in [-0.2, 0) is 0 Å². The second-order valence-corrected chi connectivity index (χ2v) is 12.1. The number of pyridine rings is 1. The predicted molar refractivity (Wildman–Crippen MR) is 141 cm³/mol. The lowest BCUT2D eigenvalue weighted by Gasteiger charge is -2.39. The fourth-order valence-corrected chi connectivity index (χ4v) is 6.71. The minimum atomic E-state index is -2.61. The third kappa shape index (κ3) is 4.72. The van der Waals surface area contributed by atoms with E-state index in [-0.39, 0.29) is 31.4 Å². The predicted octanol–water partition coefficient (Wildman–Crippen LogP) is 3.69. The molecule has 2 unspecified atom stereocenters. The van der Waals surface area contributed by atoms with Gasteiger partial charge in [-0.1, -0.05) is 0 Å². The van der Waals surface area contributed by atoms with Crippen molar-refractivity contribution < 1.29 is 24.1 Å². The summed E-state index contributed by atoms with van der Waals surface area (Å²) < 4.78 is 27.9. The summed E-state index contributed by atoms with van der Waals surface area (Å²) >= 11 is 1.51. The van der Waals surface area contributed by atoms with Gasteiger partial charge in [-0.15, -0.1) is 11.3 Å². The Kier molecular flexibility index (Phi) is 6.48. The van der Waals surface area contributed by atoms with Gasteiger partial charge in [-0.3, -0.25) is 4.98 Å². The number of alkyl halides is 2. The molecule has 12 heteroatoms. The van der Waals surface area contributed by atoms with Gasteiger partial charge in [-0.25, -0.2) is 18.7 Å². The van der Waals surface area contributed by atoms with Crippen molar-refractivity contribution in [2.45, 2.75) is 82.1 Å². The summed E-state index contributed by atoms with van der Waals surface area (Å²) in [6.07, 6.45) is 1.89. The maximum Gasteiger partial charge on any atom is 0.248 e. The normalized spacial score (nSPS) is 27.9. The molecule has 204 valence electrons. The molecule has 5 N–H and O–H groups in total. The van der Waals surface area contributed by atoms with E-state index in [4.69, 9.17) is 9.97 Å². The number of aliphatic hydroxyl groups is 3. The van der Waals surface area contributed by atoms with Crippen molar-refractivity contribution in [1.82, 2.24) is 19.9 Å². The molecule has 3 saturated carbocycles. The molecule has 0 radical (unpaired) electrons. The van der Waals surface area contributed by atoms with Crippen LogP contribution in [-0.4, -0.2) is 72.1 Å². The average Bonchev–Trinajstić information content (AvgIpc) is 3.55. The number of fused-ring (bicyclic) bond motifs is 1. The first-order valence-electron chi connectivity index (χ1n) is 13.2. The standard InChI is InChI=1S/C26H32F2N6O3S/c1-11(15-8-26(27,28)9-15)30-25-31-12(2)18(23(34-25)32-16-7-14(10-35)21(36)22(16)37)24-33-20-17(38-24)5-6-29-19(20)13-3-4-13/h5-6,11,13-16,21-22,35-37H,3-4,7-10H2,1-2H3,(H2,30,31,32,34)/t11?,14-,16-,21?,22+/m1/s1. The van der Waals surface area contributed by atoms with Crippen LogP contribution in [0.15, 0.2) is 12.3 Å². The monoisotopic (exact) mass is 546 g/mol. The minimum absolute atomic E-state index is 0.166. The molecule has 38 heavy (non-hydrogen) atoms. The zero-order valence-electron chi connectivity index (χ0n) is 21.2. The fraction of sp³-hybridized carbons (Fsp3) is 0.615. The van der Waals surface area contributed by atoms with Gasteiger partial charge >= 0.3 is 0 Å². The van der Waals surface area contributed by atoms with Crippen LogP contribution in [0.1, 0.15) is 56.3 Å². The average molecular weight is 547 g/mol. The van der Waals surface area contributed by atoms with Crippen LogP contribution in [0.25, 0.3) is 20.8 Å². The molecule has 3 aromatic rings. The molecule has 0 saturated heterocycles. The number of aliphatic hydroxyl groups excluding tert-OH is 3. The van der Waals surface area contributed by atoms with Crippen LogP contribution in [0, 0.1) is 18.8 Å². The number of nitrogens with zero attached hydrogens (tertiary/aromatic N) is 4. The molecular weight excluding hydrogens is 514 g/mol. The van der Waals surface area contributed by atoms with Gasteiger partial charge in [0.15, 0.2) is 0 Å². The second kappa shape index (κ2) is 9.58. The zero-order chi connectivity index (χ0) is 26.8. The maximum atomic E-state index is 13.4. The van der Waals surface area contributed by atoms with Gasteiger partial charge in [0.1, 0.15) is 22.4 Å². The molecule has 3 aliphatic rings. The first kappa shape index (κ1) is 25.7. The number of thiazole rings is 1. The molecule has 9 nitrogen and oxygen atoms in total. The Bertz CT molecular complexity index is 1340. The third-order valence-electron chi connectivity index (χ3n) is 8.15. The Morgan fingerprint density at radius 3 is 2.58 bits per heavy atom. The lowest BCUT2D eigenvalue weighted by Crippen LogP contribution is -2.44. The summed E-state index contributed by atoms with van der Waals surface area (Å²) in [5.41, 5.74) is 3.19. The van der Waals surface area contributed by atoms with Gasteiger partial charge in [0.2, 0.25) is 11.9 Å². The number of hydrogen-bond donors (Lipinski definition) is 5. The van der Waals surface area contributed by atoms with Gasteiger partial charge < -0.3 is 26.0 Å². The summed E-state index contributed by atoms with van der Waals surface area (Å²) in [5.74, 6) is -2.09. The van der Waals surface area contributed by atoms with E-state index in [1.807, 2.05) is 26.1 Å². The van der Waals surface area contributed by atoms with Crippen LogP contribution in [0.2, 0.25) is 0 Å². The van der Waals surface area contributed by atoms with Crippen LogP contribution >= 0.6 is 11.3 Å². The van der Waals surface area contributed by atoms with E-state index in [9.17, 15) is 24.1 Å². The molecule has 3 aliphatic carbocycles. The van der Waals surface area contributed by atoms with Gasteiger partial charge in [-0.2, -0.15) is 4.98 Å². The molecule has 0 aliphatic heterocycles. The van der Waals surface area contributed by atoms with Gasteiger partial charge in [-0.05, 0) is 45.1 Å². The quantitative estimate of drug-likeness (QED) is 0.287. The molecule has 0 bridgehead atoms. The van der Waals surface area contributed by atoms with E-state index >= 15 is 0 Å². The van der Waals surface area contributed by atoms with Crippen molar-refractivity contribution in [3.05, 3.63) is 23.7 Å². The highest BCUT2D eigenvalue weighted by Gasteiger charge is 2.47.